The Morgan fingerprint density at radius 3 is 2.65 bits per heavy atom. The highest BCUT2D eigenvalue weighted by atomic mass is 79.9. The molecule has 1 atom stereocenters. The summed E-state index contributed by atoms with van der Waals surface area (Å²) < 4.78 is 0.871. The highest BCUT2D eigenvalue weighted by molar-refractivity contribution is 9.10. The molecular weight excluding hydrogens is 280 g/mol. The molecule has 0 aliphatic carbocycles. The minimum Gasteiger partial charge on any atom is -0.391 e. The van der Waals surface area contributed by atoms with Crippen LogP contribution >= 0.6 is 15.9 Å². The Hall–Kier alpha value is -1.05. The molecule has 4 heteroatoms. The zero-order valence-electron chi connectivity index (χ0n) is 10.3. The van der Waals surface area contributed by atoms with Crippen molar-refractivity contribution in [2.24, 2.45) is 5.41 Å². The number of anilines is 1. The van der Waals surface area contributed by atoms with Crippen molar-refractivity contribution in [3.8, 4) is 6.07 Å². The van der Waals surface area contributed by atoms with E-state index in [0.29, 0.717) is 12.1 Å². The van der Waals surface area contributed by atoms with Gasteiger partial charge < -0.3 is 10.4 Å². The maximum Gasteiger partial charge on any atom is 0.101 e. The zero-order valence-corrected chi connectivity index (χ0v) is 11.9. The molecule has 1 unspecified atom stereocenters. The molecule has 0 aromatic heterocycles. The summed E-state index contributed by atoms with van der Waals surface area (Å²) in [7, 11) is 0. The summed E-state index contributed by atoms with van der Waals surface area (Å²) in [5, 5.41) is 22.0. The number of halogens is 1. The van der Waals surface area contributed by atoms with Crippen molar-refractivity contribution in [1.82, 2.24) is 0 Å². The van der Waals surface area contributed by atoms with E-state index in [-0.39, 0.29) is 5.41 Å². The third kappa shape index (κ3) is 4.03. The van der Waals surface area contributed by atoms with Crippen LogP contribution in [0.4, 0.5) is 5.69 Å². The molecule has 17 heavy (non-hydrogen) atoms. The highest BCUT2D eigenvalue weighted by Crippen LogP contribution is 2.23. The Labute approximate surface area is 111 Å². The van der Waals surface area contributed by atoms with Crippen LogP contribution in [0.1, 0.15) is 26.3 Å². The number of aliphatic hydroxyl groups is 1. The Bertz CT molecular complexity index is 432. The Morgan fingerprint density at radius 2 is 2.12 bits per heavy atom. The molecule has 0 saturated heterocycles. The van der Waals surface area contributed by atoms with Crippen molar-refractivity contribution >= 4 is 21.6 Å². The molecule has 92 valence electrons. The number of nitriles is 1. The van der Waals surface area contributed by atoms with Gasteiger partial charge >= 0.3 is 0 Å². The summed E-state index contributed by atoms with van der Waals surface area (Å²) in [6.07, 6.45) is -0.460. The van der Waals surface area contributed by atoms with Crippen molar-refractivity contribution in [2.45, 2.75) is 26.9 Å². The molecule has 0 amide bonds. The lowest BCUT2D eigenvalue weighted by molar-refractivity contribution is 0.0746. The summed E-state index contributed by atoms with van der Waals surface area (Å²) in [6, 6.07) is 7.58. The van der Waals surface area contributed by atoms with Crippen molar-refractivity contribution in [3.05, 3.63) is 28.2 Å². The molecule has 0 spiro atoms. The van der Waals surface area contributed by atoms with Crippen molar-refractivity contribution < 1.29 is 5.11 Å². The first-order valence-electron chi connectivity index (χ1n) is 5.46. The minimum absolute atomic E-state index is 0.171. The lowest BCUT2D eigenvalue weighted by Gasteiger charge is -2.26. The maximum atomic E-state index is 9.91. The number of rotatable bonds is 3. The lowest BCUT2D eigenvalue weighted by Crippen LogP contribution is -2.33. The van der Waals surface area contributed by atoms with Crippen molar-refractivity contribution in [1.29, 1.82) is 5.26 Å². The molecule has 0 radical (unpaired) electrons. The predicted molar refractivity (Wildman–Crippen MR) is 72.8 cm³/mol. The third-order valence-electron chi connectivity index (χ3n) is 2.59. The van der Waals surface area contributed by atoms with Gasteiger partial charge in [-0.05, 0) is 23.6 Å². The number of benzene rings is 1. The van der Waals surface area contributed by atoms with E-state index in [1.807, 2.05) is 32.9 Å². The number of nitrogens with zero attached hydrogens (tertiary/aromatic N) is 1. The van der Waals surface area contributed by atoms with Gasteiger partial charge in [0, 0.05) is 11.0 Å². The van der Waals surface area contributed by atoms with Crippen LogP contribution in [0.2, 0.25) is 0 Å². The molecule has 0 bridgehead atoms. The Balaban J connectivity index is 2.74. The van der Waals surface area contributed by atoms with E-state index in [4.69, 9.17) is 5.26 Å². The van der Waals surface area contributed by atoms with Crippen molar-refractivity contribution in [2.75, 3.05) is 11.9 Å². The van der Waals surface area contributed by atoms with Crippen LogP contribution in [0, 0.1) is 16.7 Å². The monoisotopic (exact) mass is 296 g/mol. The summed E-state index contributed by atoms with van der Waals surface area (Å²) in [5.41, 5.74) is 1.15. The third-order valence-corrected chi connectivity index (χ3v) is 3.08. The Kier molecular flexibility index (Phi) is 4.55. The van der Waals surface area contributed by atoms with E-state index in [0.717, 1.165) is 10.2 Å². The van der Waals surface area contributed by atoms with Gasteiger partial charge in [0.2, 0.25) is 0 Å². The molecule has 1 aromatic carbocycles. The quantitative estimate of drug-likeness (QED) is 0.901. The van der Waals surface area contributed by atoms with Crippen LogP contribution in [0.5, 0.6) is 0 Å². The normalized spacial score (nSPS) is 12.9. The van der Waals surface area contributed by atoms with Gasteiger partial charge in [-0.1, -0.05) is 36.7 Å². The summed E-state index contributed by atoms with van der Waals surface area (Å²) in [5.74, 6) is 0. The molecule has 0 aliphatic heterocycles. The molecule has 1 rings (SSSR count). The first kappa shape index (κ1) is 14.0. The van der Waals surface area contributed by atoms with Crippen molar-refractivity contribution in [3.63, 3.8) is 0 Å². The van der Waals surface area contributed by atoms with E-state index in [1.165, 1.54) is 0 Å². The van der Waals surface area contributed by atoms with Crippen LogP contribution in [0.25, 0.3) is 0 Å². The van der Waals surface area contributed by atoms with E-state index in [9.17, 15) is 5.11 Å². The van der Waals surface area contributed by atoms with Gasteiger partial charge in [0.25, 0.3) is 0 Å². The van der Waals surface area contributed by atoms with Gasteiger partial charge in [-0.3, -0.25) is 0 Å². The van der Waals surface area contributed by atoms with E-state index < -0.39 is 6.10 Å². The Morgan fingerprint density at radius 1 is 1.47 bits per heavy atom. The molecule has 2 N–H and O–H groups in total. The van der Waals surface area contributed by atoms with Gasteiger partial charge in [-0.2, -0.15) is 5.26 Å². The topological polar surface area (TPSA) is 56.0 Å². The molecule has 0 heterocycles. The average molecular weight is 297 g/mol. The fourth-order valence-corrected chi connectivity index (χ4v) is 1.64. The van der Waals surface area contributed by atoms with Crippen LogP contribution in [-0.2, 0) is 0 Å². The van der Waals surface area contributed by atoms with Crippen LogP contribution in [0.15, 0.2) is 22.7 Å². The van der Waals surface area contributed by atoms with E-state index in [2.05, 4.69) is 27.3 Å². The molecule has 0 saturated carbocycles. The predicted octanol–water partition coefficient (Wildman–Crippen LogP) is 3.14. The first-order valence-corrected chi connectivity index (χ1v) is 6.25. The zero-order chi connectivity index (χ0) is 13.1. The first-order chi connectivity index (χ1) is 7.84. The van der Waals surface area contributed by atoms with E-state index >= 15 is 0 Å². The van der Waals surface area contributed by atoms with Crippen LogP contribution in [0.3, 0.4) is 0 Å². The second kappa shape index (κ2) is 5.52. The average Bonchev–Trinajstić information content (AvgIpc) is 2.25. The van der Waals surface area contributed by atoms with Gasteiger partial charge in [0.05, 0.1) is 17.4 Å². The molecule has 0 fully saturated rings. The molecular formula is C13H17BrN2O. The maximum absolute atomic E-state index is 9.91. The summed E-state index contributed by atoms with van der Waals surface area (Å²) in [6.45, 7) is 6.37. The van der Waals surface area contributed by atoms with Gasteiger partial charge in [-0.15, -0.1) is 0 Å². The summed E-state index contributed by atoms with van der Waals surface area (Å²) >= 11 is 3.32. The molecule has 1 aromatic rings. The molecule has 3 nitrogen and oxygen atoms in total. The van der Waals surface area contributed by atoms with Crippen LogP contribution < -0.4 is 5.32 Å². The second-order valence-electron chi connectivity index (χ2n) is 5.06. The second-order valence-corrected chi connectivity index (χ2v) is 5.98. The van der Waals surface area contributed by atoms with Gasteiger partial charge in [-0.25, -0.2) is 0 Å². The number of nitrogens with one attached hydrogen (secondary N) is 1. The smallest absolute Gasteiger partial charge is 0.101 e. The van der Waals surface area contributed by atoms with Gasteiger partial charge in [0.1, 0.15) is 6.07 Å². The standard InChI is InChI=1S/C13H17BrN2O/c1-13(2,3)12(17)8-16-11-5-4-10(14)6-9(11)7-15/h4-6,12,16-17H,8H2,1-3H3. The highest BCUT2D eigenvalue weighted by Gasteiger charge is 2.21. The molecule has 0 aliphatic rings. The fourth-order valence-electron chi connectivity index (χ4n) is 1.28. The fraction of sp³-hybridized carbons (Fsp3) is 0.462. The summed E-state index contributed by atoms with van der Waals surface area (Å²) in [4.78, 5) is 0. The minimum atomic E-state index is -0.460. The number of hydrogen-bond acceptors (Lipinski definition) is 3. The van der Waals surface area contributed by atoms with Gasteiger partial charge in [0.15, 0.2) is 0 Å². The number of aliphatic hydroxyl groups excluding tert-OH is 1. The SMILES string of the molecule is CC(C)(C)C(O)CNc1ccc(Br)cc1C#N. The lowest BCUT2D eigenvalue weighted by atomic mass is 9.89. The largest absolute Gasteiger partial charge is 0.391 e. The van der Waals surface area contributed by atoms with E-state index in [1.54, 1.807) is 6.07 Å². The number of hydrogen-bond donors (Lipinski definition) is 2. The van der Waals surface area contributed by atoms with Crippen LogP contribution in [-0.4, -0.2) is 17.8 Å².